The van der Waals surface area contributed by atoms with Gasteiger partial charge < -0.3 is 9.57 Å². The highest BCUT2D eigenvalue weighted by atomic mass is 16.6. The van der Waals surface area contributed by atoms with E-state index in [1.165, 1.54) is 0 Å². The van der Waals surface area contributed by atoms with Crippen molar-refractivity contribution in [3.8, 4) is 0 Å². The van der Waals surface area contributed by atoms with Gasteiger partial charge >= 0.3 is 0 Å². The lowest BCUT2D eigenvalue weighted by atomic mass is 9.94. The SMILES string of the molecule is CC(CON)C1CCOC1. The molecule has 2 N–H and O–H groups in total. The molecule has 0 spiro atoms. The summed E-state index contributed by atoms with van der Waals surface area (Å²) in [6, 6.07) is 0. The lowest BCUT2D eigenvalue weighted by Gasteiger charge is -2.14. The Kier molecular flexibility index (Phi) is 3.12. The van der Waals surface area contributed by atoms with E-state index in [2.05, 4.69) is 11.8 Å². The van der Waals surface area contributed by atoms with Crippen molar-refractivity contribution >= 4 is 0 Å². The molecule has 1 aliphatic heterocycles. The Morgan fingerprint density at radius 3 is 3.10 bits per heavy atom. The molecule has 1 aliphatic rings. The van der Waals surface area contributed by atoms with E-state index in [1.807, 2.05) is 0 Å². The highest BCUT2D eigenvalue weighted by molar-refractivity contribution is 4.69. The van der Waals surface area contributed by atoms with E-state index < -0.39 is 0 Å². The van der Waals surface area contributed by atoms with Crippen LogP contribution < -0.4 is 5.90 Å². The van der Waals surface area contributed by atoms with Crippen LogP contribution in [-0.4, -0.2) is 19.8 Å². The van der Waals surface area contributed by atoms with Gasteiger partial charge in [0.1, 0.15) is 0 Å². The van der Waals surface area contributed by atoms with Crippen molar-refractivity contribution in [2.75, 3.05) is 19.8 Å². The molecule has 10 heavy (non-hydrogen) atoms. The van der Waals surface area contributed by atoms with Gasteiger partial charge in [0, 0.05) is 13.2 Å². The van der Waals surface area contributed by atoms with Gasteiger partial charge in [0.2, 0.25) is 0 Å². The minimum Gasteiger partial charge on any atom is -0.381 e. The van der Waals surface area contributed by atoms with Crippen LogP contribution >= 0.6 is 0 Å². The van der Waals surface area contributed by atoms with Gasteiger partial charge in [0.05, 0.1) is 6.61 Å². The summed E-state index contributed by atoms with van der Waals surface area (Å²) in [4.78, 5) is 4.56. The summed E-state index contributed by atoms with van der Waals surface area (Å²) < 4.78 is 5.23. The van der Waals surface area contributed by atoms with E-state index in [9.17, 15) is 0 Å². The van der Waals surface area contributed by atoms with Gasteiger partial charge in [-0.25, -0.2) is 5.90 Å². The largest absolute Gasteiger partial charge is 0.381 e. The van der Waals surface area contributed by atoms with E-state index in [4.69, 9.17) is 10.6 Å². The molecule has 0 bridgehead atoms. The topological polar surface area (TPSA) is 44.5 Å². The molecule has 1 saturated heterocycles. The molecule has 1 heterocycles. The van der Waals surface area contributed by atoms with E-state index in [0.29, 0.717) is 18.4 Å². The van der Waals surface area contributed by atoms with Crippen LogP contribution in [0, 0.1) is 11.8 Å². The highest BCUT2D eigenvalue weighted by Crippen LogP contribution is 2.21. The molecule has 0 radical (unpaired) electrons. The van der Waals surface area contributed by atoms with Gasteiger partial charge in [-0.05, 0) is 18.3 Å². The summed E-state index contributed by atoms with van der Waals surface area (Å²) in [5.74, 6) is 6.15. The first-order valence-electron chi connectivity index (χ1n) is 3.74. The molecule has 3 heteroatoms. The van der Waals surface area contributed by atoms with Crippen LogP contribution in [0.1, 0.15) is 13.3 Å². The molecule has 1 rings (SSSR count). The summed E-state index contributed by atoms with van der Waals surface area (Å²) >= 11 is 0. The van der Waals surface area contributed by atoms with Crippen LogP contribution in [0.25, 0.3) is 0 Å². The Bertz CT molecular complexity index is 91.6. The predicted molar refractivity (Wildman–Crippen MR) is 38.2 cm³/mol. The first-order valence-corrected chi connectivity index (χ1v) is 3.74. The zero-order chi connectivity index (χ0) is 7.40. The molecule has 1 fully saturated rings. The fourth-order valence-electron chi connectivity index (χ4n) is 1.29. The molecule has 0 aromatic carbocycles. The number of hydrogen-bond donors (Lipinski definition) is 1. The molecular weight excluding hydrogens is 130 g/mol. The fourth-order valence-corrected chi connectivity index (χ4v) is 1.29. The molecule has 3 nitrogen and oxygen atoms in total. The minimum absolute atomic E-state index is 0.535. The maximum atomic E-state index is 5.23. The lowest BCUT2D eigenvalue weighted by Crippen LogP contribution is -2.19. The number of nitrogens with two attached hydrogens (primary N) is 1. The van der Waals surface area contributed by atoms with Gasteiger partial charge in [-0.3, -0.25) is 0 Å². The third-order valence-electron chi connectivity index (χ3n) is 2.13. The Balaban J connectivity index is 2.18. The summed E-state index contributed by atoms with van der Waals surface area (Å²) in [5.41, 5.74) is 0. The van der Waals surface area contributed by atoms with Gasteiger partial charge in [-0.1, -0.05) is 6.92 Å². The normalized spacial score (nSPS) is 28.8. The molecule has 0 aliphatic carbocycles. The summed E-state index contributed by atoms with van der Waals surface area (Å²) in [5, 5.41) is 0. The second-order valence-corrected chi connectivity index (χ2v) is 2.93. The molecule has 60 valence electrons. The molecule has 0 aromatic heterocycles. The molecular formula is C7H15NO2. The van der Waals surface area contributed by atoms with Crippen LogP contribution in [0.3, 0.4) is 0 Å². The molecule has 0 aromatic rings. The van der Waals surface area contributed by atoms with Gasteiger partial charge in [-0.15, -0.1) is 0 Å². The Morgan fingerprint density at radius 1 is 1.80 bits per heavy atom. The first kappa shape index (κ1) is 7.98. The minimum atomic E-state index is 0.535. The summed E-state index contributed by atoms with van der Waals surface area (Å²) in [6.07, 6.45) is 1.16. The smallest absolute Gasteiger partial charge is 0.0708 e. The zero-order valence-electron chi connectivity index (χ0n) is 6.38. The first-order chi connectivity index (χ1) is 4.84. The predicted octanol–water partition coefficient (Wildman–Crippen LogP) is 0.549. The third kappa shape index (κ3) is 1.94. The Hall–Kier alpha value is -0.120. The van der Waals surface area contributed by atoms with Crippen molar-refractivity contribution in [1.29, 1.82) is 0 Å². The van der Waals surface area contributed by atoms with Crippen LogP contribution in [-0.2, 0) is 9.57 Å². The van der Waals surface area contributed by atoms with Crippen molar-refractivity contribution in [3.05, 3.63) is 0 Å². The number of hydrogen-bond acceptors (Lipinski definition) is 3. The monoisotopic (exact) mass is 145 g/mol. The Labute approximate surface area is 61.4 Å². The van der Waals surface area contributed by atoms with Crippen LogP contribution in [0.15, 0.2) is 0 Å². The second kappa shape index (κ2) is 3.91. The van der Waals surface area contributed by atoms with Gasteiger partial charge in [0.15, 0.2) is 0 Å². The molecule has 2 atom stereocenters. The highest BCUT2D eigenvalue weighted by Gasteiger charge is 2.21. The van der Waals surface area contributed by atoms with E-state index in [1.54, 1.807) is 0 Å². The maximum absolute atomic E-state index is 5.23. The van der Waals surface area contributed by atoms with E-state index in [-0.39, 0.29) is 0 Å². The number of ether oxygens (including phenoxy) is 1. The molecule has 2 unspecified atom stereocenters. The van der Waals surface area contributed by atoms with Gasteiger partial charge in [-0.2, -0.15) is 0 Å². The average molecular weight is 145 g/mol. The lowest BCUT2D eigenvalue weighted by molar-refractivity contribution is 0.0790. The molecule has 0 amide bonds. The van der Waals surface area contributed by atoms with Crippen LogP contribution in [0.2, 0.25) is 0 Å². The van der Waals surface area contributed by atoms with E-state index in [0.717, 1.165) is 19.6 Å². The second-order valence-electron chi connectivity index (χ2n) is 2.93. The van der Waals surface area contributed by atoms with E-state index >= 15 is 0 Å². The summed E-state index contributed by atoms with van der Waals surface area (Å²) in [6.45, 7) is 4.57. The van der Waals surface area contributed by atoms with Crippen LogP contribution in [0.4, 0.5) is 0 Å². The maximum Gasteiger partial charge on any atom is 0.0708 e. The zero-order valence-corrected chi connectivity index (χ0v) is 6.38. The quantitative estimate of drug-likeness (QED) is 0.590. The number of rotatable bonds is 3. The summed E-state index contributed by atoms with van der Waals surface area (Å²) in [7, 11) is 0. The van der Waals surface area contributed by atoms with Crippen LogP contribution in [0.5, 0.6) is 0 Å². The van der Waals surface area contributed by atoms with Crippen molar-refractivity contribution in [2.45, 2.75) is 13.3 Å². The van der Waals surface area contributed by atoms with Crippen molar-refractivity contribution in [3.63, 3.8) is 0 Å². The molecule has 0 saturated carbocycles. The van der Waals surface area contributed by atoms with Crippen molar-refractivity contribution in [2.24, 2.45) is 17.7 Å². The Morgan fingerprint density at radius 2 is 2.60 bits per heavy atom. The average Bonchev–Trinajstić information content (AvgIpc) is 2.38. The fraction of sp³-hybridized carbons (Fsp3) is 1.00. The van der Waals surface area contributed by atoms with Crippen molar-refractivity contribution < 1.29 is 9.57 Å². The standard InChI is InChI=1S/C7H15NO2/c1-6(4-10-8)7-2-3-9-5-7/h6-7H,2-5,8H2,1H3. The van der Waals surface area contributed by atoms with Crippen molar-refractivity contribution in [1.82, 2.24) is 0 Å². The van der Waals surface area contributed by atoms with Gasteiger partial charge in [0.25, 0.3) is 0 Å². The third-order valence-corrected chi connectivity index (χ3v) is 2.13.